The largest absolute Gasteiger partial charge is 0.328 e. The number of aromatic nitrogens is 3. The minimum Gasteiger partial charge on any atom is -0.328 e. The van der Waals surface area contributed by atoms with Gasteiger partial charge in [-0.15, -0.1) is 0 Å². The van der Waals surface area contributed by atoms with Gasteiger partial charge in [-0.05, 0) is 17.7 Å². The summed E-state index contributed by atoms with van der Waals surface area (Å²) in [7, 11) is 1.79. The molecule has 0 bridgehead atoms. The number of amides is 1. The van der Waals surface area contributed by atoms with Crippen LogP contribution in [0.3, 0.4) is 0 Å². The van der Waals surface area contributed by atoms with Crippen molar-refractivity contribution in [3.05, 3.63) is 48.0 Å². The van der Waals surface area contributed by atoms with E-state index in [0.29, 0.717) is 12.2 Å². The molecule has 0 aliphatic carbocycles. The fourth-order valence-electron chi connectivity index (χ4n) is 2.55. The minimum atomic E-state index is 0.0137. The van der Waals surface area contributed by atoms with E-state index in [0.717, 1.165) is 18.7 Å². The maximum atomic E-state index is 12.7. The number of carbonyl (C=O) groups excluding carboxylic acids is 1. The Kier molecular flexibility index (Phi) is 3.47. The Labute approximate surface area is 117 Å². The average molecular weight is 271 g/mol. The van der Waals surface area contributed by atoms with E-state index in [1.54, 1.807) is 30.2 Å². The van der Waals surface area contributed by atoms with Crippen molar-refractivity contribution in [1.29, 1.82) is 0 Å². The molecule has 1 saturated heterocycles. The van der Waals surface area contributed by atoms with Gasteiger partial charge in [-0.2, -0.15) is 5.10 Å². The zero-order valence-electron chi connectivity index (χ0n) is 11.4. The van der Waals surface area contributed by atoms with Crippen molar-refractivity contribution in [3.63, 3.8) is 0 Å². The lowest BCUT2D eigenvalue weighted by molar-refractivity contribution is 0.0622. The molecule has 0 spiro atoms. The van der Waals surface area contributed by atoms with E-state index in [4.69, 9.17) is 0 Å². The highest BCUT2D eigenvalue weighted by Gasteiger charge is 2.29. The van der Waals surface area contributed by atoms with Gasteiger partial charge in [-0.3, -0.25) is 14.5 Å². The molecule has 6 nitrogen and oxygen atoms in total. The van der Waals surface area contributed by atoms with Crippen molar-refractivity contribution < 1.29 is 4.79 Å². The van der Waals surface area contributed by atoms with Crippen LogP contribution >= 0.6 is 0 Å². The number of hydrogen-bond donors (Lipinski definition) is 1. The number of hydrogen-bond acceptors (Lipinski definition) is 4. The lowest BCUT2D eigenvalue weighted by Gasteiger charge is -2.36. The van der Waals surface area contributed by atoms with Crippen molar-refractivity contribution in [1.82, 2.24) is 25.0 Å². The summed E-state index contributed by atoms with van der Waals surface area (Å²) in [6.07, 6.45) is 5.21. The van der Waals surface area contributed by atoms with Crippen molar-refractivity contribution in [2.75, 3.05) is 19.6 Å². The molecule has 20 heavy (non-hydrogen) atoms. The van der Waals surface area contributed by atoms with Gasteiger partial charge in [0.05, 0.1) is 6.04 Å². The Hall–Kier alpha value is -2.21. The van der Waals surface area contributed by atoms with Gasteiger partial charge in [0.2, 0.25) is 0 Å². The van der Waals surface area contributed by atoms with E-state index in [2.05, 4.69) is 15.4 Å². The van der Waals surface area contributed by atoms with E-state index >= 15 is 0 Å². The third kappa shape index (κ3) is 2.30. The topological polar surface area (TPSA) is 63.1 Å². The summed E-state index contributed by atoms with van der Waals surface area (Å²) < 4.78 is 1.62. The van der Waals surface area contributed by atoms with Crippen LogP contribution in [0.25, 0.3) is 0 Å². The van der Waals surface area contributed by atoms with E-state index in [1.165, 1.54) is 0 Å². The molecule has 0 aromatic carbocycles. The summed E-state index contributed by atoms with van der Waals surface area (Å²) in [5.74, 6) is 0.0142. The zero-order valence-corrected chi connectivity index (χ0v) is 11.4. The number of rotatable bonds is 2. The first-order valence-electron chi connectivity index (χ1n) is 6.67. The summed E-state index contributed by atoms with van der Waals surface area (Å²) in [6.45, 7) is 2.24. The van der Waals surface area contributed by atoms with Crippen LogP contribution in [0.5, 0.6) is 0 Å². The van der Waals surface area contributed by atoms with Gasteiger partial charge in [0, 0.05) is 45.3 Å². The van der Waals surface area contributed by atoms with Crippen LogP contribution in [0.1, 0.15) is 22.1 Å². The van der Waals surface area contributed by atoms with E-state index < -0.39 is 0 Å². The Balaban J connectivity index is 1.90. The molecule has 1 fully saturated rings. The predicted octanol–water partition coefficient (Wildman–Crippen LogP) is 0.602. The van der Waals surface area contributed by atoms with Crippen LogP contribution < -0.4 is 5.32 Å². The molecule has 1 unspecified atom stereocenters. The maximum absolute atomic E-state index is 12.7. The molecule has 0 saturated carbocycles. The van der Waals surface area contributed by atoms with Gasteiger partial charge in [-0.25, -0.2) is 0 Å². The molecular weight excluding hydrogens is 254 g/mol. The first kappa shape index (κ1) is 12.8. The normalized spacial score (nSPS) is 19.1. The third-order valence-electron chi connectivity index (χ3n) is 3.61. The molecule has 6 heteroatoms. The van der Waals surface area contributed by atoms with Crippen LogP contribution in [0.15, 0.2) is 36.8 Å². The highest BCUT2D eigenvalue weighted by molar-refractivity contribution is 5.92. The number of nitrogens with one attached hydrogen (secondary N) is 1. The smallest absolute Gasteiger partial charge is 0.272 e. The molecule has 0 radical (unpaired) electrons. The second-order valence-corrected chi connectivity index (χ2v) is 4.84. The number of piperazine rings is 1. The summed E-state index contributed by atoms with van der Waals surface area (Å²) in [5, 5.41) is 7.41. The van der Waals surface area contributed by atoms with Crippen molar-refractivity contribution in [2.24, 2.45) is 7.05 Å². The number of carbonyl (C=O) groups is 1. The standard InChI is InChI=1S/C14H17N5O/c1-18-12(4-6-17-18)14(20)19-8-7-16-10-13(19)11-3-2-5-15-9-11/h2-6,9,13,16H,7-8,10H2,1H3. The van der Waals surface area contributed by atoms with Gasteiger partial charge in [0.15, 0.2) is 0 Å². The van der Waals surface area contributed by atoms with E-state index in [9.17, 15) is 4.79 Å². The summed E-state index contributed by atoms with van der Waals surface area (Å²) in [6, 6.07) is 5.68. The zero-order chi connectivity index (χ0) is 13.9. The summed E-state index contributed by atoms with van der Waals surface area (Å²) in [5.41, 5.74) is 1.66. The SMILES string of the molecule is Cn1nccc1C(=O)N1CCNCC1c1cccnc1. The fraction of sp³-hybridized carbons (Fsp3) is 0.357. The molecule has 2 aromatic heterocycles. The van der Waals surface area contributed by atoms with Crippen LogP contribution in [0.2, 0.25) is 0 Å². The molecule has 104 valence electrons. The second kappa shape index (κ2) is 5.42. The Bertz CT molecular complexity index is 595. The predicted molar refractivity (Wildman–Crippen MR) is 74.1 cm³/mol. The Morgan fingerprint density at radius 2 is 2.30 bits per heavy atom. The van der Waals surface area contributed by atoms with Gasteiger partial charge >= 0.3 is 0 Å². The minimum absolute atomic E-state index is 0.0137. The molecule has 3 heterocycles. The summed E-state index contributed by atoms with van der Waals surface area (Å²) in [4.78, 5) is 18.7. The first-order chi connectivity index (χ1) is 9.77. The third-order valence-corrected chi connectivity index (χ3v) is 3.61. The highest BCUT2D eigenvalue weighted by atomic mass is 16.2. The van der Waals surface area contributed by atoms with Crippen LogP contribution in [0, 0.1) is 0 Å². The van der Waals surface area contributed by atoms with Gasteiger partial charge in [-0.1, -0.05) is 6.07 Å². The van der Waals surface area contributed by atoms with Crippen LogP contribution in [0.4, 0.5) is 0 Å². The maximum Gasteiger partial charge on any atom is 0.272 e. The van der Waals surface area contributed by atoms with Gasteiger partial charge in [0.1, 0.15) is 5.69 Å². The van der Waals surface area contributed by atoms with Gasteiger partial charge in [0.25, 0.3) is 5.91 Å². The molecule has 1 aliphatic heterocycles. The molecule has 1 amide bonds. The number of pyridine rings is 1. The Morgan fingerprint density at radius 1 is 1.40 bits per heavy atom. The van der Waals surface area contributed by atoms with Gasteiger partial charge < -0.3 is 10.2 Å². The molecule has 3 rings (SSSR count). The fourth-order valence-corrected chi connectivity index (χ4v) is 2.55. The number of aryl methyl sites for hydroxylation is 1. The van der Waals surface area contributed by atoms with Crippen LogP contribution in [-0.4, -0.2) is 45.2 Å². The van der Waals surface area contributed by atoms with E-state index in [-0.39, 0.29) is 11.9 Å². The monoisotopic (exact) mass is 271 g/mol. The quantitative estimate of drug-likeness (QED) is 0.869. The van der Waals surface area contributed by atoms with Crippen molar-refractivity contribution in [2.45, 2.75) is 6.04 Å². The lowest BCUT2D eigenvalue weighted by atomic mass is 10.0. The molecule has 2 aromatic rings. The van der Waals surface area contributed by atoms with Crippen molar-refractivity contribution >= 4 is 5.91 Å². The average Bonchev–Trinajstić information content (AvgIpc) is 2.93. The highest BCUT2D eigenvalue weighted by Crippen LogP contribution is 2.23. The second-order valence-electron chi connectivity index (χ2n) is 4.84. The first-order valence-corrected chi connectivity index (χ1v) is 6.67. The van der Waals surface area contributed by atoms with Crippen LogP contribution in [-0.2, 0) is 7.05 Å². The molecular formula is C14H17N5O. The lowest BCUT2D eigenvalue weighted by Crippen LogP contribution is -2.49. The molecule has 1 N–H and O–H groups in total. The molecule has 1 atom stereocenters. The summed E-state index contributed by atoms with van der Waals surface area (Å²) >= 11 is 0. The number of nitrogens with zero attached hydrogens (tertiary/aromatic N) is 4. The Morgan fingerprint density at radius 3 is 3.00 bits per heavy atom. The van der Waals surface area contributed by atoms with Crippen molar-refractivity contribution in [3.8, 4) is 0 Å². The molecule has 1 aliphatic rings. The van der Waals surface area contributed by atoms with E-state index in [1.807, 2.05) is 23.2 Å².